The Bertz CT molecular complexity index is 500. The molecule has 0 bridgehead atoms. The topological polar surface area (TPSA) is 46.6 Å². The quantitative estimate of drug-likeness (QED) is 0.592. The van der Waals surface area contributed by atoms with Crippen molar-refractivity contribution in [3.63, 3.8) is 0 Å². The zero-order chi connectivity index (χ0) is 15.0. The highest BCUT2D eigenvalue weighted by Gasteiger charge is 2.08. The Morgan fingerprint density at radius 1 is 1.40 bits per heavy atom. The number of esters is 1. The average Bonchev–Trinajstić information content (AvgIpc) is 2.42. The summed E-state index contributed by atoms with van der Waals surface area (Å²) in [5.41, 5.74) is 0.608. The predicted octanol–water partition coefficient (Wildman–Crippen LogP) is 2.25. The molecular formula is C15H18FNO3. The molecule has 108 valence electrons. The van der Waals surface area contributed by atoms with Crippen molar-refractivity contribution in [1.29, 1.82) is 0 Å². The maximum absolute atomic E-state index is 13.0. The first-order chi connectivity index (χ1) is 9.52. The molecule has 1 aromatic rings. The monoisotopic (exact) mass is 279 g/mol. The number of carbonyl (C=O) groups excluding carboxylic acids is 2. The van der Waals surface area contributed by atoms with Gasteiger partial charge in [-0.1, -0.05) is 12.1 Å². The van der Waals surface area contributed by atoms with E-state index in [9.17, 15) is 14.0 Å². The number of ether oxygens (including phenoxy) is 1. The van der Waals surface area contributed by atoms with Crippen LogP contribution in [0.4, 0.5) is 4.39 Å². The SMILES string of the molecule is CCOC(=O)CCN(C)C(=O)/C=C/c1cccc(F)c1. The van der Waals surface area contributed by atoms with Crippen LogP contribution in [0.3, 0.4) is 0 Å². The van der Waals surface area contributed by atoms with Gasteiger partial charge in [0.05, 0.1) is 13.0 Å². The third kappa shape index (κ3) is 5.65. The van der Waals surface area contributed by atoms with E-state index in [4.69, 9.17) is 4.74 Å². The van der Waals surface area contributed by atoms with E-state index in [1.165, 1.54) is 29.2 Å². The second-order valence-electron chi connectivity index (χ2n) is 4.20. The zero-order valence-electron chi connectivity index (χ0n) is 11.6. The average molecular weight is 279 g/mol. The van der Waals surface area contributed by atoms with Crippen molar-refractivity contribution >= 4 is 18.0 Å². The summed E-state index contributed by atoms with van der Waals surface area (Å²) in [7, 11) is 1.59. The van der Waals surface area contributed by atoms with E-state index in [1.807, 2.05) is 0 Å². The van der Waals surface area contributed by atoms with Crippen molar-refractivity contribution in [3.05, 3.63) is 41.7 Å². The van der Waals surface area contributed by atoms with Gasteiger partial charge in [-0.15, -0.1) is 0 Å². The number of nitrogens with zero attached hydrogens (tertiary/aromatic N) is 1. The maximum atomic E-state index is 13.0. The summed E-state index contributed by atoms with van der Waals surface area (Å²) in [6, 6.07) is 5.95. The predicted molar refractivity (Wildman–Crippen MR) is 74.3 cm³/mol. The largest absolute Gasteiger partial charge is 0.466 e. The first-order valence-electron chi connectivity index (χ1n) is 6.37. The second-order valence-corrected chi connectivity index (χ2v) is 4.20. The van der Waals surface area contributed by atoms with Gasteiger partial charge in [-0.25, -0.2) is 4.39 Å². The van der Waals surface area contributed by atoms with Gasteiger partial charge in [0.2, 0.25) is 5.91 Å². The maximum Gasteiger partial charge on any atom is 0.307 e. The summed E-state index contributed by atoms with van der Waals surface area (Å²) in [5.74, 6) is -0.935. The van der Waals surface area contributed by atoms with E-state index in [1.54, 1.807) is 26.1 Å². The fourth-order valence-corrected chi connectivity index (χ4v) is 1.51. The molecule has 0 aliphatic rings. The molecule has 0 heterocycles. The minimum Gasteiger partial charge on any atom is -0.466 e. The first kappa shape index (κ1) is 15.9. The molecule has 0 unspecified atom stereocenters. The zero-order valence-corrected chi connectivity index (χ0v) is 11.6. The molecule has 5 heteroatoms. The van der Waals surface area contributed by atoms with Crippen LogP contribution in [0.15, 0.2) is 30.3 Å². The second kappa shape index (κ2) is 8.09. The van der Waals surface area contributed by atoms with Crippen LogP contribution in [-0.4, -0.2) is 37.0 Å². The van der Waals surface area contributed by atoms with Crippen LogP contribution in [0, 0.1) is 5.82 Å². The van der Waals surface area contributed by atoms with Crippen molar-refractivity contribution < 1.29 is 18.7 Å². The van der Waals surface area contributed by atoms with Gasteiger partial charge < -0.3 is 9.64 Å². The molecule has 20 heavy (non-hydrogen) atoms. The Morgan fingerprint density at radius 2 is 2.15 bits per heavy atom. The molecule has 1 amide bonds. The Morgan fingerprint density at radius 3 is 2.80 bits per heavy atom. The number of rotatable bonds is 6. The van der Waals surface area contributed by atoms with Gasteiger partial charge in [-0.2, -0.15) is 0 Å². The van der Waals surface area contributed by atoms with E-state index in [0.717, 1.165) is 0 Å². The van der Waals surface area contributed by atoms with Gasteiger partial charge in [0.1, 0.15) is 5.82 Å². The van der Waals surface area contributed by atoms with Crippen LogP contribution in [0.5, 0.6) is 0 Å². The van der Waals surface area contributed by atoms with Crippen LogP contribution < -0.4 is 0 Å². The van der Waals surface area contributed by atoms with E-state index in [2.05, 4.69) is 0 Å². The number of hydrogen-bond acceptors (Lipinski definition) is 3. The highest BCUT2D eigenvalue weighted by molar-refractivity contribution is 5.91. The van der Waals surface area contributed by atoms with Gasteiger partial charge in [0.15, 0.2) is 0 Å². The molecule has 0 atom stereocenters. The van der Waals surface area contributed by atoms with Gasteiger partial charge in [0.25, 0.3) is 0 Å². The molecule has 0 N–H and O–H groups in total. The van der Waals surface area contributed by atoms with Gasteiger partial charge in [-0.05, 0) is 30.7 Å². The number of halogens is 1. The highest BCUT2D eigenvalue weighted by atomic mass is 19.1. The molecule has 0 radical (unpaired) electrons. The van der Waals surface area contributed by atoms with Crippen LogP contribution >= 0.6 is 0 Å². The van der Waals surface area contributed by atoms with Crippen LogP contribution in [-0.2, 0) is 14.3 Å². The lowest BCUT2D eigenvalue weighted by Crippen LogP contribution is -2.27. The van der Waals surface area contributed by atoms with Crippen molar-refractivity contribution in [2.45, 2.75) is 13.3 Å². The van der Waals surface area contributed by atoms with Crippen LogP contribution in [0.2, 0.25) is 0 Å². The lowest BCUT2D eigenvalue weighted by molar-refractivity contribution is -0.143. The lowest BCUT2D eigenvalue weighted by atomic mass is 10.2. The van der Waals surface area contributed by atoms with E-state index >= 15 is 0 Å². The molecule has 0 saturated heterocycles. The molecule has 0 spiro atoms. The normalized spacial score (nSPS) is 10.6. The molecule has 0 aromatic heterocycles. The first-order valence-corrected chi connectivity index (χ1v) is 6.37. The minimum atomic E-state index is -0.352. The molecule has 0 fully saturated rings. The Labute approximate surface area is 117 Å². The Balaban J connectivity index is 2.47. The Hall–Kier alpha value is -2.17. The molecule has 1 aromatic carbocycles. The summed E-state index contributed by atoms with van der Waals surface area (Å²) >= 11 is 0. The summed E-state index contributed by atoms with van der Waals surface area (Å²) < 4.78 is 17.7. The van der Waals surface area contributed by atoms with E-state index < -0.39 is 0 Å². The smallest absolute Gasteiger partial charge is 0.307 e. The lowest BCUT2D eigenvalue weighted by Gasteiger charge is -2.14. The summed E-state index contributed by atoms with van der Waals surface area (Å²) in [5, 5.41) is 0. The third-order valence-electron chi connectivity index (χ3n) is 2.60. The highest BCUT2D eigenvalue weighted by Crippen LogP contribution is 2.05. The number of likely N-dealkylation sites (N-methyl/N-ethyl adjacent to an activating group) is 1. The number of amides is 1. The van der Waals surface area contributed by atoms with Gasteiger partial charge in [-0.3, -0.25) is 9.59 Å². The third-order valence-corrected chi connectivity index (χ3v) is 2.60. The summed E-state index contributed by atoms with van der Waals surface area (Å²) in [6.07, 6.45) is 3.04. The van der Waals surface area contributed by atoms with Crippen LogP contribution in [0.1, 0.15) is 18.9 Å². The van der Waals surface area contributed by atoms with Crippen molar-refractivity contribution in [2.75, 3.05) is 20.2 Å². The molecule has 0 aliphatic carbocycles. The molecule has 1 rings (SSSR count). The van der Waals surface area contributed by atoms with Gasteiger partial charge in [0, 0.05) is 19.7 Å². The molecule has 4 nitrogen and oxygen atoms in total. The number of carbonyl (C=O) groups is 2. The van der Waals surface area contributed by atoms with Gasteiger partial charge >= 0.3 is 5.97 Å². The standard InChI is InChI=1S/C15H18FNO3/c1-3-20-15(19)9-10-17(2)14(18)8-7-12-5-4-6-13(16)11-12/h4-8,11H,3,9-10H2,1-2H3/b8-7+. The van der Waals surface area contributed by atoms with Crippen molar-refractivity contribution in [3.8, 4) is 0 Å². The van der Waals surface area contributed by atoms with Crippen LogP contribution in [0.25, 0.3) is 6.08 Å². The summed E-state index contributed by atoms with van der Waals surface area (Å²) in [6.45, 7) is 2.34. The summed E-state index contributed by atoms with van der Waals surface area (Å²) in [4.78, 5) is 24.3. The fourth-order valence-electron chi connectivity index (χ4n) is 1.51. The Kier molecular flexibility index (Phi) is 6.43. The fraction of sp³-hybridized carbons (Fsp3) is 0.333. The van der Waals surface area contributed by atoms with E-state index in [0.29, 0.717) is 12.2 Å². The number of benzene rings is 1. The molecular weight excluding hydrogens is 261 g/mol. The van der Waals surface area contributed by atoms with Crippen molar-refractivity contribution in [2.24, 2.45) is 0 Å². The number of hydrogen-bond donors (Lipinski definition) is 0. The van der Waals surface area contributed by atoms with E-state index in [-0.39, 0.29) is 30.7 Å². The molecule has 0 saturated carbocycles. The molecule has 0 aliphatic heterocycles. The minimum absolute atomic E-state index is 0.157. The van der Waals surface area contributed by atoms with Crippen molar-refractivity contribution in [1.82, 2.24) is 4.90 Å².